The number of para-hydroxylation sites is 1. The van der Waals surface area contributed by atoms with Gasteiger partial charge in [-0.1, -0.05) is 54.6 Å². The van der Waals surface area contributed by atoms with Gasteiger partial charge in [0.15, 0.2) is 0 Å². The van der Waals surface area contributed by atoms with Gasteiger partial charge < -0.3 is 19.8 Å². The number of esters is 1. The van der Waals surface area contributed by atoms with E-state index in [-0.39, 0.29) is 5.56 Å². The van der Waals surface area contributed by atoms with Gasteiger partial charge in [-0.3, -0.25) is 9.59 Å². The minimum atomic E-state index is -1.25. The lowest BCUT2D eigenvalue weighted by Gasteiger charge is -2.19. The summed E-state index contributed by atoms with van der Waals surface area (Å²) in [6.07, 6.45) is -1.25. The number of anilines is 1. The first-order valence-electron chi connectivity index (χ1n) is 10.3. The molecule has 0 saturated carbocycles. The molecule has 0 aliphatic carbocycles. The van der Waals surface area contributed by atoms with Crippen LogP contribution in [0.2, 0.25) is 0 Å². The van der Waals surface area contributed by atoms with E-state index in [1.165, 1.54) is 13.2 Å². The van der Waals surface area contributed by atoms with Crippen molar-refractivity contribution in [2.24, 2.45) is 0 Å². The Morgan fingerprint density at radius 3 is 2.42 bits per heavy atom. The molecule has 0 saturated heterocycles. The molecule has 0 bridgehead atoms. The topological polar surface area (TPSA) is 97.5 Å². The second-order valence-corrected chi connectivity index (χ2v) is 7.48. The van der Waals surface area contributed by atoms with Crippen LogP contribution in [-0.4, -0.2) is 24.0 Å². The third-order valence-corrected chi connectivity index (χ3v) is 5.15. The van der Waals surface area contributed by atoms with Crippen molar-refractivity contribution < 1.29 is 19.1 Å². The molecule has 4 aromatic rings. The second kappa shape index (κ2) is 9.40. The van der Waals surface area contributed by atoms with E-state index < -0.39 is 23.5 Å². The predicted molar refractivity (Wildman–Crippen MR) is 126 cm³/mol. The lowest BCUT2D eigenvalue weighted by atomic mass is 10.1. The SMILES string of the molecule is COc1ccc(C)cc1NC(=O)[C@H](OC(=O)c1cc(=O)[nH]c2ccccc12)c1ccccc1. The van der Waals surface area contributed by atoms with Gasteiger partial charge in [-0.2, -0.15) is 0 Å². The summed E-state index contributed by atoms with van der Waals surface area (Å²) in [5, 5.41) is 3.32. The number of pyridine rings is 1. The minimum absolute atomic E-state index is 0.0798. The molecule has 0 unspecified atom stereocenters. The van der Waals surface area contributed by atoms with E-state index >= 15 is 0 Å². The maximum absolute atomic E-state index is 13.3. The fourth-order valence-electron chi connectivity index (χ4n) is 3.56. The molecule has 0 spiro atoms. The number of benzene rings is 3. The monoisotopic (exact) mass is 442 g/mol. The molecule has 1 aromatic heterocycles. The van der Waals surface area contributed by atoms with Gasteiger partial charge in [-0.15, -0.1) is 0 Å². The highest BCUT2D eigenvalue weighted by Gasteiger charge is 2.27. The number of aromatic nitrogens is 1. The average Bonchev–Trinajstić information content (AvgIpc) is 2.82. The van der Waals surface area contributed by atoms with Crippen molar-refractivity contribution in [2.75, 3.05) is 12.4 Å². The molecule has 33 heavy (non-hydrogen) atoms. The van der Waals surface area contributed by atoms with Crippen molar-refractivity contribution in [1.29, 1.82) is 0 Å². The van der Waals surface area contributed by atoms with Crippen molar-refractivity contribution in [3.8, 4) is 5.75 Å². The number of aromatic amines is 1. The van der Waals surface area contributed by atoms with Gasteiger partial charge in [0.2, 0.25) is 11.7 Å². The lowest BCUT2D eigenvalue weighted by molar-refractivity contribution is -0.125. The Kier molecular flexibility index (Phi) is 6.22. The molecule has 2 N–H and O–H groups in total. The van der Waals surface area contributed by atoms with Gasteiger partial charge in [0.1, 0.15) is 5.75 Å². The van der Waals surface area contributed by atoms with E-state index in [9.17, 15) is 14.4 Å². The number of fused-ring (bicyclic) bond motifs is 1. The summed E-state index contributed by atoms with van der Waals surface area (Å²) in [4.78, 5) is 41.2. The van der Waals surface area contributed by atoms with Crippen LogP contribution < -0.4 is 15.6 Å². The number of ether oxygens (including phenoxy) is 2. The number of rotatable bonds is 6. The molecule has 1 heterocycles. The molecular weight excluding hydrogens is 420 g/mol. The zero-order chi connectivity index (χ0) is 23.4. The quantitative estimate of drug-likeness (QED) is 0.432. The largest absolute Gasteiger partial charge is 0.495 e. The van der Waals surface area contributed by atoms with Crippen LogP contribution in [0.1, 0.15) is 27.6 Å². The van der Waals surface area contributed by atoms with Crippen molar-refractivity contribution in [3.05, 3.63) is 106 Å². The predicted octanol–water partition coefficient (Wildman–Crippen LogP) is 4.38. The minimum Gasteiger partial charge on any atom is -0.495 e. The smallest absolute Gasteiger partial charge is 0.340 e. The van der Waals surface area contributed by atoms with Crippen molar-refractivity contribution in [1.82, 2.24) is 4.98 Å². The van der Waals surface area contributed by atoms with Gasteiger partial charge in [0.25, 0.3) is 5.91 Å². The Bertz CT molecular complexity index is 1380. The van der Waals surface area contributed by atoms with Gasteiger partial charge in [0.05, 0.1) is 18.4 Å². The first-order chi connectivity index (χ1) is 16.0. The van der Waals surface area contributed by atoms with Crippen LogP contribution in [0.3, 0.4) is 0 Å². The van der Waals surface area contributed by atoms with Gasteiger partial charge >= 0.3 is 5.97 Å². The molecule has 4 rings (SSSR count). The highest BCUT2D eigenvalue weighted by atomic mass is 16.5. The Hall–Kier alpha value is -4.39. The molecular formula is C26H22N2O5. The number of aryl methyl sites for hydroxylation is 1. The molecule has 1 amide bonds. The fourth-order valence-corrected chi connectivity index (χ4v) is 3.56. The maximum atomic E-state index is 13.3. The van der Waals surface area contributed by atoms with Crippen LogP contribution in [0.15, 0.2) is 83.7 Å². The summed E-state index contributed by atoms with van der Waals surface area (Å²) in [6, 6.07) is 22.1. The number of H-pyrrole nitrogens is 1. The van der Waals surface area contributed by atoms with Crippen LogP contribution >= 0.6 is 0 Å². The van der Waals surface area contributed by atoms with E-state index in [0.717, 1.165) is 5.56 Å². The Balaban J connectivity index is 1.69. The fraction of sp³-hybridized carbons (Fsp3) is 0.115. The van der Waals surface area contributed by atoms with Crippen LogP contribution in [0.5, 0.6) is 5.75 Å². The number of hydrogen-bond acceptors (Lipinski definition) is 5. The highest BCUT2D eigenvalue weighted by Crippen LogP contribution is 2.28. The number of nitrogens with one attached hydrogen (secondary N) is 2. The Morgan fingerprint density at radius 2 is 1.67 bits per heavy atom. The molecule has 3 aromatic carbocycles. The first kappa shape index (κ1) is 21.8. The summed E-state index contributed by atoms with van der Waals surface area (Å²) in [5.41, 5.74) is 2.02. The lowest BCUT2D eigenvalue weighted by Crippen LogP contribution is -2.26. The zero-order valence-corrected chi connectivity index (χ0v) is 18.1. The van der Waals surface area contributed by atoms with Gasteiger partial charge in [-0.25, -0.2) is 4.79 Å². The van der Waals surface area contributed by atoms with Crippen LogP contribution in [0.25, 0.3) is 10.9 Å². The van der Waals surface area contributed by atoms with Crippen LogP contribution in [-0.2, 0) is 9.53 Å². The Morgan fingerprint density at radius 1 is 0.939 bits per heavy atom. The highest BCUT2D eigenvalue weighted by molar-refractivity contribution is 6.05. The number of carbonyl (C=O) groups is 2. The first-order valence-corrected chi connectivity index (χ1v) is 10.3. The summed E-state index contributed by atoms with van der Waals surface area (Å²) in [7, 11) is 1.51. The zero-order valence-electron chi connectivity index (χ0n) is 18.1. The number of methoxy groups -OCH3 is 1. The normalized spacial score (nSPS) is 11.6. The molecule has 1 atom stereocenters. The van der Waals surface area contributed by atoms with E-state index in [1.807, 2.05) is 13.0 Å². The average molecular weight is 442 g/mol. The van der Waals surface area contributed by atoms with E-state index in [0.29, 0.717) is 27.9 Å². The summed E-state index contributed by atoms with van der Waals surface area (Å²) in [6.45, 7) is 1.89. The maximum Gasteiger partial charge on any atom is 0.340 e. The second-order valence-electron chi connectivity index (χ2n) is 7.48. The van der Waals surface area contributed by atoms with E-state index in [2.05, 4.69) is 10.3 Å². The Labute approximate surface area is 190 Å². The van der Waals surface area contributed by atoms with Gasteiger partial charge in [0, 0.05) is 22.5 Å². The summed E-state index contributed by atoms with van der Waals surface area (Å²) >= 11 is 0. The molecule has 0 fully saturated rings. The summed E-state index contributed by atoms with van der Waals surface area (Å²) < 4.78 is 11.0. The van der Waals surface area contributed by atoms with Crippen LogP contribution in [0.4, 0.5) is 5.69 Å². The number of carbonyl (C=O) groups excluding carboxylic acids is 2. The molecule has 166 valence electrons. The molecule has 0 radical (unpaired) electrons. The molecule has 7 nitrogen and oxygen atoms in total. The van der Waals surface area contributed by atoms with E-state index in [1.54, 1.807) is 66.7 Å². The number of hydrogen-bond donors (Lipinski definition) is 2. The number of amides is 1. The van der Waals surface area contributed by atoms with Crippen molar-refractivity contribution in [2.45, 2.75) is 13.0 Å². The van der Waals surface area contributed by atoms with Crippen LogP contribution in [0, 0.1) is 6.92 Å². The third kappa shape index (κ3) is 4.77. The van der Waals surface area contributed by atoms with Gasteiger partial charge in [-0.05, 0) is 30.7 Å². The van der Waals surface area contributed by atoms with Crippen molar-refractivity contribution in [3.63, 3.8) is 0 Å². The standard InChI is InChI=1S/C26H22N2O5/c1-16-12-13-22(32-2)21(14-16)28-25(30)24(17-8-4-3-5-9-17)33-26(31)19-15-23(29)27-20-11-7-6-10-18(19)20/h3-15,24H,1-2H3,(H,27,29)(H,28,30)/t24-/m1/s1. The third-order valence-electron chi connectivity index (χ3n) is 5.15. The molecule has 0 aliphatic rings. The van der Waals surface area contributed by atoms with E-state index in [4.69, 9.17) is 9.47 Å². The van der Waals surface area contributed by atoms with Crippen molar-refractivity contribution >= 4 is 28.5 Å². The summed E-state index contributed by atoms with van der Waals surface area (Å²) in [5.74, 6) is -0.849. The molecule has 0 aliphatic heterocycles. The molecule has 7 heteroatoms.